The zero-order valence-electron chi connectivity index (χ0n) is 25.4. The quantitative estimate of drug-likeness (QED) is 0.188. The van der Waals surface area contributed by atoms with Crippen molar-refractivity contribution in [2.45, 2.75) is 78.6 Å². The smallest absolute Gasteiger partial charge is 0.230 e. The zero-order valence-corrected chi connectivity index (χ0v) is 27.7. The summed E-state index contributed by atoms with van der Waals surface area (Å²) in [7, 11) is 0. The molecule has 1 N–H and O–H groups in total. The molecule has 41 heavy (non-hydrogen) atoms. The standard InChI is InChI=1S/C36H39N2O2.Pt/c1-34(2,3)22-18-25(32-31(19-22)40-33(38-32)23-14-10-11-16-30(23)39)24-20-26(29-15-12-13-17-37-29)28(36(7,8)9)21-27(24)35(4,5)6;/h10-19,21,39H,1-9H3;/q-1;. The molecule has 216 valence electrons. The summed E-state index contributed by atoms with van der Waals surface area (Å²) in [4.78, 5) is 9.71. The number of aromatic nitrogens is 2. The average Bonchev–Trinajstić information content (AvgIpc) is 3.30. The van der Waals surface area contributed by atoms with E-state index in [9.17, 15) is 5.11 Å². The van der Waals surface area contributed by atoms with Gasteiger partial charge in [0.2, 0.25) is 5.89 Å². The molecule has 0 amide bonds. The fraction of sp³-hybridized carbons (Fsp3) is 0.333. The second-order valence-corrected chi connectivity index (χ2v) is 13.7. The number of nitrogens with zero attached hydrogens (tertiary/aromatic N) is 2. The molecule has 4 nitrogen and oxygen atoms in total. The van der Waals surface area contributed by atoms with Gasteiger partial charge in [-0.3, -0.25) is 4.98 Å². The number of aromatic hydroxyl groups is 1. The van der Waals surface area contributed by atoms with Crippen molar-refractivity contribution < 1.29 is 30.6 Å². The maximum atomic E-state index is 10.6. The van der Waals surface area contributed by atoms with Gasteiger partial charge < -0.3 is 9.52 Å². The van der Waals surface area contributed by atoms with Gasteiger partial charge >= 0.3 is 0 Å². The number of pyridine rings is 1. The molecular formula is C36H39N2O2Pt-. The second kappa shape index (κ2) is 10.9. The Morgan fingerprint density at radius 3 is 1.93 bits per heavy atom. The molecule has 0 saturated heterocycles. The van der Waals surface area contributed by atoms with Gasteiger partial charge in [-0.05, 0) is 46.1 Å². The Labute approximate surface area is 258 Å². The first-order chi connectivity index (χ1) is 18.6. The largest absolute Gasteiger partial charge is 0.507 e. The van der Waals surface area contributed by atoms with Crippen LogP contribution in [0, 0.1) is 6.07 Å². The van der Waals surface area contributed by atoms with Gasteiger partial charge in [-0.2, -0.15) is 0 Å². The SMILES string of the molecule is CC(C)(C)c1cc(-c2[c-]c(-c3ccccn3)c(C(C)(C)C)cc2C(C)(C)C)c2nc(-c3ccccc3O)oc2c1.[Pt]. The van der Waals surface area contributed by atoms with Crippen molar-refractivity contribution in [3.63, 3.8) is 0 Å². The van der Waals surface area contributed by atoms with Crippen LogP contribution in [0.2, 0.25) is 0 Å². The molecule has 0 saturated carbocycles. The van der Waals surface area contributed by atoms with Crippen LogP contribution in [0.1, 0.15) is 79.0 Å². The Kier molecular flexibility index (Phi) is 8.15. The third kappa shape index (κ3) is 6.04. The van der Waals surface area contributed by atoms with Gasteiger partial charge in [0, 0.05) is 33.0 Å². The van der Waals surface area contributed by atoms with Crippen LogP contribution in [-0.4, -0.2) is 15.1 Å². The van der Waals surface area contributed by atoms with Gasteiger partial charge in [0.05, 0.1) is 11.1 Å². The Bertz CT molecular complexity index is 1700. The summed E-state index contributed by atoms with van der Waals surface area (Å²) in [6.07, 6.45) is 1.83. The van der Waals surface area contributed by atoms with E-state index in [0.29, 0.717) is 17.0 Å². The van der Waals surface area contributed by atoms with Crippen LogP contribution in [0.25, 0.3) is 44.9 Å². The molecular weight excluding hydrogens is 687 g/mol. The van der Waals surface area contributed by atoms with E-state index in [1.807, 2.05) is 30.5 Å². The number of hydrogen-bond acceptors (Lipinski definition) is 4. The van der Waals surface area contributed by atoms with Crippen molar-refractivity contribution in [1.82, 2.24) is 9.97 Å². The minimum atomic E-state index is -0.164. The van der Waals surface area contributed by atoms with Gasteiger partial charge in [0.1, 0.15) is 11.3 Å². The van der Waals surface area contributed by atoms with Gasteiger partial charge in [0.15, 0.2) is 0 Å². The summed E-state index contributed by atoms with van der Waals surface area (Å²) in [6.45, 7) is 20.1. The Balaban J connectivity index is 0.00000387. The minimum Gasteiger partial charge on any atom is -0.507 e. The van der Waals surface area contributed by atoms with Crippen molar-refractivity contribution in [1.29, 1.82) is 0 Å². The molecule has 0 aliphatic carbocycles. The third-order valence-electron chi connectivity index (χ3n) is 7.38. The summed E-state index contributed by atoms with van der Waals surface area (Å²) in [5.74, 6) is 0.537. The van der Waals surface area contributed by atoms with Crippen LogP contribution in [0.4, 0.5) is 0 Å². The molecule has 5 aromatic rings. The molecule has 2 aromatic heterocycles. The summed E-state index contributed by atoms with van der Waals surface area (Å²) in [6, 6.07) is 23.7. The van der Waals surface area contributed by atoms with Crippen molar-refractivity contribution in [3.05, 3.63) is 89.6 Å². The maximum Gasteiger partial charge on any atom is 0.230 e. The molecule has 0 spiro atoms. The first-order valence-electron chi connectivity index (χ1n) is 13.9. The third-order valence-corrected chi connectivity index (χ3v) is 7.38. The van der Waals surface area contributed by atoms with Crippen LogP contribution in [0.3, 0.4) is 0 Å². The number of phenols is 1. The molecule has 2 heterocycles. The first-order valence-corrected chi connectivity index (χ1v) is 13.9. The Hall–Kier alpha value is -3.23. The number of rotatable bonds is 3. The van der Waals surface area contributed by atoms with Crippen LogP contribution >= 0.6 is 0 Å². The Morgan fingerprint density at radius 2 is 1.34 bits per heavy atom. The van der Waals surface area contributed by atoms with E-state index in [4.69, 9.17) is 14.4 Å². The van der Waals surface area contributed by atoms with E-state index in [0.717, 1.165) is 33.5 Å². The fourth-order valence-electron chi connectivity index (χ4n) is 5.08. The van der Waals surface area contributed by atoms with E-state index in [1.54, 1.807) is 12.1 Å². The van der Waals surface area contributed by atoms with Gasteiger partial charge in [-0.1, -0.05) is 104 Å². The predicted octanol–water partition coefficient (Wildman–Crippen LogP) is 9.62. The predicted molar refractivity (Wildman–Crippen MR) is 165 cm³/mol. The number of para-hydroxylation sites is 1. The van der Waals surface area contributed by atoms with Crippen LogP contribution in [0.15, 0.2) is 71.3 Å². The molecule has 0 aliphatic rings. The monoisotopic (exact) mass is 726 g/mol. The fourth-order valence-corrected chi connectivity index (χ4v) is 5.08. The maximum absolute atomic E-state index is 10.6. The number of oxazole rings is 1. The van der Waals surface area contributed by atoms with Crippen LogP contribution in [0.5, 0.6) is 5.75 Å². The van der Waals surface area contributed by atoms with E-state index >= 15 is 0 Å². The summed E-state index contributed by atoms with van der Waals surface area (Å²) in [5, 5.41) is 10.6. The van der Waals surface area contributed by atoms with E-state index in [2.05, 4.69) is 92.6 Å². The Morgan fingerprint density at radius 1 is 0.707 bits per heavy atom. The van der Waals surface area contributed by atoms with E-state index in [1.165, 1.54) is 11.1 Å². The number of fused-ring (bicyclic) bond motifs is 1. The molecule has 0 fully saturated rings. The average molecular weight is 727 g/mol. The molecule has 0 radical (unpaired) electrons. The molecule has 0 atom stereocenters. The first kappa shape index (κ1) is 30.7. The second-order valence-electron chi connectivity index (χ2n) is 13.7. The molecule has 3 aromatic carbocycles. The topological polar surface area (TPSA) is 59.2 Å². The summed E-state index contributed by atoms with van der Waals surface area (Å²) < 4.78 is 6.35. The molecule has 5 heteroatoms. The molecule has 0 bridgehead atoms. The van der Waals surface area contributed by atoms with E-state index < -0.39 is 0 Å². The molecule has 0 aliphatic heterocycles. The molecule has 0 unspecified atom stereocenters. The summed E-state index contributed by atoms with van der Waals surface area (Å²) >= 11 is 0. The van der Waals surface area contributed by atoms with Crippen molar-refractivity contribution in [2.75, 3.05) is 0 Å². The van der Waals surface area contributed by atoms with Crippen molar-refractivity contribution >= 4 is 11.1 Å². The number of hydrogen-bond donors (Lipinski definition) is 1. The summed E-state index contributed by atoms with van der Waals surface area (Å²) in [5.41, 5.74) is 9.00. The van der Waals surface area contributed by atoms with Crippen molar-refractivity contribution in [3.8, 4) is 39.6 Å². The number of benzene rings is 3. The van der Waals surface area contributed by atoms with Gasteiger partial charge in [0.25, 0.3) is 0 Å². The normalized spacial score (nSPS) is 12.4. The van der Waals surface area contributed by atoms with Crippen molar-refractivity contribution in [2.24, 2.45) is 0 Å². The zero-order chi connectivity index (χ0) is 29.0. The van der Waals surface area contributed by atoms with E-state index in [-0.39, 0.29) is 43.1 Å². The van der Waals surface area contributed by atoms with Gasteiger partial charge in [-0.25, -0.2) is 4.98 Å². The van der Waals surface area contributed by atoms with Crippen LogP contribution in [-0.2, 0) is 37.3 Å². The van der Waals surface area contributed by atoms with Crippen LogP contribution < -0.4 is 0 Å². The minimum absolute atomic E-state index is 0. The molecule has 5 rings (SSSR count). The van der Waals surface area contributed by atoms with Gasteiger partial charge in [-0.15, -0.1) is 28.8 Å². The number of phenolic OH excluding ortho intramolecular Hbond substituents is 1.